The van der Waals surface area contributed by atoms with Crippen LogP contribution in [0, 0.1) is 0 Å². The number of thiophene rings is 1. The Balaban J connectivity index is 0.00000242. The van der Waals surface area contributed by atoms with Crippen molar-refractivity contribution < 1.29 is 17.9 Å². The van der Waals surface area contributed by atoms with E-state index < -0.39 is 6.36 Å². The van der Waals surface area contributed by atoms with Crippen LogP contribution in [0.3, 0.4) is 0 Å². The second-order valence-corrected chi connectivity index (χ2v) is 4.98. The van der Waals surface area contributed by atoms with Crippen molar-refractivity contribution in [2.24, 2.45) is 10.7 Å². The van der Waals surface area contributed by atoms with Gasteiger partial charge in [0.25, 0.3) is 0 Å². The molecule has 1 aromatic carbocycles. The van der Waals surface area contributed by atoms with Crippen LogP contribution in [0.2, 0.25) is 0 Å². The molecule has 0 unspecified atom stereocenters. The van der Waals surface area contributed by atoms with Crippen molar-refractivity contribution in [3.63, 3.8) is 0 Å². The zero-order valence-corrected chi connectivity index (χ0v) is 14.3. The molecular weight excluding hydrogens is 430 g/mol. The van der Waals surface area contributed by atoms with Crippen molar-refractivity contribution in [2.45, 2.75) is 12.9 Å². The van der Waals surface area contributed by atoms with Crippen molar-refractivity contribution in [1.29, 1.82) is 0 Å². The molecule has 120 valence electrons. The summed E-state index contributed by atoms with van der Waals surface area (Å²) in [5.41, 5.74) is 5.76. The number of rotatable bonds is 4. The maximum absolute atomic E-state index is 12.3. The van der Waals surface area contributed by atoms with E-state index >= 15 is 0 Å². The van der Waals surface area contributed by atoms with Crippen molar-refractivity contribution >= 4 is 47.0 Å². The summed E-state index contributed by atoms with van der Waals surface area (Å²) in [4.78, 5) is 5.06. The number of alkyl halides is 3. The lowest BCUT2D eigenvalue weighted by Gasteiger charge is -2.14. The largest absolute Gasteiger partial charge is 0.573 e. The lowest BCUT2D eigenvalue weighted by atomic mass is 10.3. The fourth-order valence-electron chi connectivity index (χ4n) is 1.53. The Morgan fingerprint density at radius 1 is 1.23 bits per heavy atom. The first-order chi connectivity index (χ1) is 9.94. The lowest BCUT2D eigenvalue weighted by molar-refractivity contribution is -0.274. The van der Waals surface area contributed by atoms with Gasteiger partial charge in [0.05, 0.1) is 12.2 Å². The first-order valence-electron chi connectivity index (χ1n) is 5.88. The van der Waals surface area contributed by atoms with Gasteiger partial charge in [-0.05, 0) is 23.6 Å². The molecule has 0 amide bonds. The zero-order chi connectivity index (χ0) is 15.3. The summed E-state index contributed by atoms with van der Waals surface area (Å²) in [5, 5.41) is 4.51. The van der Waals surface area contributed by atoms with Crippen molar-refractivity contribution in [3.8, 4) is 5.75 Å². The van der Waals surface area contributed by atoms with Gasteiger partial charge < -0.3 is 15.8 Å². The normalized spacial score (nSPS) is 11.7. The van der Waals surface area contributed by atoms with E-state index in [-0.39, 0.29) is 41.4 Å². The van der Waals surface area contributed by atoms with Gasteiger partial charge >= 0.3 is 6.36 Å². The third-order valence-electron chi connectivity index (χ3n) is 2.36. The molecule has 0 spiro atoms. The highest BCUT2D eigenvalue weighted by atomic mass is 127. The van der Waals surface area contributed by atoms with Crippen LogP contribution < -0.4 is 15.8 Å². The number of hydrogen-bond donors (Lipinski definition) is 2. The molecule has 3 N–H and O–H groups in total. The lowest BCUT2D eigenvalue weighted by Crippen LogP contribution is -2.24. The van der Waals surface area contributed by atoms with Crippen LogP contribution in [0.15, 0.2) is 46.8 Å². The van der Waals surface area contributed by atoms with Crippen molar-refractivity contribution in [1.82, 2.24) is 0 Å². The molecule has 0 aliphatic carbocycles. The van der Waals surface area contributed by atoms with Crippen LogP contribution in [-0.2, 0) is 6.54 Å². The van der Waals surface area contributed by atoms with Crippen molar-refractivity contribution in [2.75, 3.05) is 5.32 Å². The number of guanidine groups is 1. The average Bonchev–Trinajstić information content (AvgIpc) is 2.90. The highest BCUT2D eigenvalue weighted by Crippen LogP contribution is 2.29. The predicted molar refractivity (Wildman–Crippen MR) is 91.8 cm³/mol. The van der Waals surface area contributed by atoms with Gasteiger partial charge in [0, 0.05) is 4.88 Å². The summed E-state index contributed by atoms with van der Waals surface area (Å²) in [6, 6.07) is 9.40. The van der Waals surface area contributed by atoms with E-state index in [1.165, 1.54) is 29.5 Å². The van der Waals surface area contributed by atoms with E-state index in [2.05, 4.69) is 15.0 Å². The highest BCUT2D eigenvalue weighted by molar-refractivity contribution is 14.0. The van der Waals surface area contributed by atoms with Crippen LogP contribution in [0.4, 0.5) is 18.9 Å². The summed E-state index contributed by atoms with van der Waals surface area (Å²) in [6.07, 6.45) is -4.76. The number of halogens is 4. The van der Waals surface area contributed by atoms with Crippen LogP contribution in [0.25, 0.3) is 0 Å². The maximum atomic E-state index is 12.3. The van der Waals surface area contributed by atoms with Gasteiger partial charge in [-0.1, -0.05) is 18.2 Å². The predicted octanol–water partition coefficient (Wildman–Crippen LogP) is 4.19. The number of nitrogens with two attached hydrogens (primary N) is 1. The Morgan fingerprint density at radius 2 is 1.95 bits per heavy atom. The van der Waals surface area contributed by atoms with E-state index in [1.54, 1.807) is 6.07 Å². The zero-order valence-electron chi connectivity index (χ0n) is 11.1. The van der Waals surface area contributed by atoms with E-state index in [1.807, 2.05) is 17.5 Å². The van der Waals surface area contributed by atoms with Gasteiger partial charge in [0.1, 0.15) is 0 Å². The van der Waals surface area contributed by atoms with Gasteiger partial charge in [-0.2, -0.15) is 0 Å². The van der Waals surface area contributed by atoms with Gasteiger partial charge in [-0.25, -0.2) is 4.99 Å². The van der Waals surface area contributed by atoms with Gasteiger partial charge in [-0.3, -0.25) is 0 Å². The molecule has 1 heterocycles. The second kappa shape index (κ2) is 8.22. The smallest absolute Gasteiger partial charge is 0.404 e. The molecule has 2 rings (SSSR count). The monoisotopic (exact) mass is 443 g/mol. The van der Waals surface area contributed by atoms with E-state index in [0.29, 0.717) is 6.54 Å². The average molecular weight is 443 g/mol. The van der Waals surface area contributed by atoms with Crippen molar-refractivity contribution in [3.05, 3.63) is 46.7 Å². The highest BCUT2D eigenvalue weighted by Gasteiger charge is 2.32. The molecule has 9 heteroatoms. The fraction of sp³-hybridized carbons (Fsp3) is 0.154. The van der Waals surface area contributed by atoms with Gasteiger partial charge in [-0.15, -0.1) is 48.5 Å². The molecule has 2 aromatic rings. The summed E-state index contributed by atoms with van der Waals surface area (Å²) >= 11 is 1.52. The Morgan fingerprint density at radius 3 is 2.59 bits per heavy atom. The SMILES string of the molecule is I.NC(=NCc1cccs1)Nc1ccccc1OC(F)(F)F. The third kappa shape index (κ3) is 6.10. The molecule has 1 aromatic heterocycles. The van der Waals surface area contributed by atoms with E-state index in [9.17, 15) is 13.2 Å². The summed E-state index contributed by atoms with van der Waals surface area (Å²) in [7, 11) is 0. The fourth-order valence-corrected chi connectivity index (χ4v) is 2.15. The number of para-hydroxylation sites is 2. The third-order valence-corrected chi connectivity index (χ3v) is 3.22. The Kier molecular flexibility index (Phi) is 6.94. The van der Waals surface area contributed by atoms with E-state index in [4.69, 9.17) is 5.73 Å². The minimum atomic E-state index is -4.76. The minimum absolute atomic E-state index is 0. The molecule has 0 bridgehead atoms. The number of anilines is 1. The molecule has 0 aliphatic rings. The molecule has 0 saturated carbocycles. The summed E-state index contributed by atoms with van der Waals surface area (Å²) in [6.45, 7) is 0.360. The first-order valence-corrected chi connectivity index (χ1v) is 6.76. The van der Waals surface area contributed by atoms with Crippen LogP contribution in [0.5, 0.6) is 5.75 Å². The Bertz CT molecular complexity index is 617. The second-order valence-electron chi connectivity index (χ2n) is 3.95. The van der Waals surface area contributed by atoms with Gasteiger partial charge in [0.2, 0.25) is 0 Å². The molecular formula is C13H13F3IN3OS. The number of ether oxygens (including phenoxy) is 1. The van der Waals surface area contributed by atoms with E-state index in [0.717, 1.165) is 4.88 Å². The number of aliphatic imine (C=N–C) groups is 1. The Hall–Kier alpha value is -1.49. The molecule has 4 nitrogen and oxygen atoms in total. The molecule has 0 saturated heterocycles. The quantitative estimate of drug-likeness (QED) is 0.424. The molecule has 0 fully saturated rings. The number of hydrogen-bond acceptors (Lipinski definition) is 3. The Labute approximate surface area is 146 Å². The van der Waals surface area contributed by atoms with Crippen LogP contribution in [0.1, 0.15) is 4.88 Å². The standard InChI is InChI=1S/C13H12F3N3OS.HI/c14-13(15,16)20-11-6-2-1-5-10(11)19-12(17)18-8-9-4-3-7-21-9;/h1-7H,8H2,(H3,17,18,19);1H. The minimum Gasteiger partial charge on any atom is -0.404 e. The van der Waals surface area contributed by atoms with Crippen LogP contribution >= 0.6 is 35.3 Å². The van der Waals surface area contributed by atoms with Gasteiger partial charge in [0.15, 0.2) is 11.7 Å². The maximum Gasteiger partial charge on any atom is 0.573 e. The van der Waals surface area contributed by atoms with Crippen LogP contribution in [-0.4, -0.2) is 12.3 Å². The summed E-state index contributed by atoms with van der Waals surface area (Å²) in [5.74, 6) is -0.346. The first kappa shape index (κ1) is 18.6. The molecule has 0 aliphatic heterocycles. The molecule has 22 heavy (non-hydrogen) atoms. The topological polar surface area (TPSA) is 59.6 Å². The molecule has 0 radical (unpaired) electrons. The molecule has 0 atom stereocenters. The number of nitrogens with zero attached hydrogens (tertiary/aromatic N) is 1. The number of benzene rings is 1. The number of nitrogens with one attached hydrogen (secondary N) is 1. The summed E-state index contributed by atoms with van der Waals surface area (Å²) < 4.78 is 40.8.